The maximum atomic E-state index is 12.8. The molecule has 1 atom stereocenters. The standard InChI is InChI=1S/C24H26N2O5/c1-3-7-21(27)25-18-13-11-17(12-14-18)23(29)16(2)31-24(30)19-8-4-5-9-20(19)26-15-6-10-22(26)28/h4-5,8-9,11-14,16H,3,6-7,10,15H2,1-2H3,(H,25,27)/t16-/m0/s1. The van der Waals surface area contributed by atoms with Crippen LogP contribution in [0.15, 0.2) is 48.5 Å². The Kier molecular flexibility index (Phi) is 7.18. The zero-order valence-corrected chi connectivity index (χ0v) is 17.7. The molecule has 1 aliphatic heterocycles. The van der Waals surface area contributed by atoms with Crippen LogP contribution in [0.1, 0.15) is 60.2 Å². The predicted octanol–water partition coefficient (Wildman–Crippen LogP) is 3.98. The molecule has 1 aliphatic rings. The van der Waals surface area contributed by atoms with Gasteiger partial charge < -0.3 is 15.0 Å². The van der Waals surface area contributed by atoms with Crippen molar-refractivity contribution < 1.29 is 23.9 Å². The van der Waals surface area contributed by atoms with Crippen molar-refractivity contribution in [2.75, 3.05) is 16.8 Å². The van der Waals surface area contributed by atoms with E-state index in [1.807, 2.05) is 6.92 Å². The molecule has 2 aromatic carbocycles. The third kappa shape index (κ3) is 5.36. The van der Waals surface area contributed by atoms with Gasteiger partial charge in [-0.15, -0.1) is 0 Å². The molecular formula is C24H26N2O5. The van der Waals surface area contributed by atoms with Crippen LogP contribution in [-0.4, -0.2) is 36.2 Å². The molecule has 7 heteroatoms. The number of nitrogens with one attached hydrogen (secondary N) is 1. The first kappa shape index (κ1) is 22.2. The predicted molar refractivity (Wildman–Crippen MR) is 117 cm³/mol. The van der Waals surface area contributed by atoms with Crippen LogP contribution < -0.4 is 10.2 Å². The maximum Gasteiger partial charge on any atom is 0.340 e. The Morgan fingerprint density at radius 2 is 1.81 bits per heavy atom. The molecule has 1 N–H and O–H groups in total. The summed E-state index contributed by atoms with van der Waals surface area (Å²) < 4.78 is 5.42. The number of Topliss-reactive ketones (excluding diaryl/α,β-unsaturated/α-hetero) is 1. The second-order valence-corrected chi connectivity index (χ2v) is 7.45. The molecule has 0 radical (unpaired) electrons. The molecule has 1 fully saturated rings. The lowest BCUT2D eigenvalue weighted by Gasteiger charge is -2.20. The Morgan fingerprint density at radius 3 is 2.45 bits per heavy atom. The van der Waals surface area contributed by atoms with E-state index in [4.69, 9.17) is 4.74 Å². The van der Waals surface area contributed by atoms with E-state index in [0.717, 1.165) is 12.8 Å². The van der Waals surface area contributed by atoms with Crippen LogP contribution >= 0.6 is 0 Å². The Labute approximate surface area is 181 Å². The van der Waals surface area contributed by atoms with Crippen LogP contribution in [0.5, 0.6) is 0 Å². The topological polar surface area (TPSA) is 92.8 Å². The first-order chi connectivity index (χ1) is 14.9. The molecule has 162 valence electrons. The minimum absolute atomic E-state index is 0.0320. The molecule has 0 unspecified atom stereocenters. The van der Waals surface area contributed by atoms with Gasteiger partial charge in [0.05, 0.1) is 11.3 Å². The normalized spacial score (nSPS) is 14.3. The Bertz CT molecular complexity index is 984. The lowest BCUT2D eigenvalue weighted by atomic mass is 10.1. The van der Waals surface area contributed by atoms with Crippen molar-refractivity contribution >= 4 is 34.9 Å². The SMILES string of the molecule is CCCC(=O)Nc1ccc(C(=O)[C@H](C)OC(=O)c2ccccc2N2CCCC2=O)cc1. The summed E-state index contributed by atoms with van der Waals surface area (Å²) in [5.74, 6) is -1.12. The average Bonchev–Trinajstić information content (AvgIpc) is 3.19. The van der Waals surface area contributed by atoms with Gasteiger partial charge in [-0.1, -0.05) is 19.1 Å². The van der Waals surface area contributed by atoms with Gasteiger partial charge in [-0.3, -0.25) is 14.4 Å². The number of nitrogens with zero attached hydrogens (tertiary/aromatic N) is 1. The van der Waals surface area contributed by atoms with E-state index in [1.54, 1.807) is 53.4 Å². The van der Waals surface area contributed by atoms with Crippen LogP contribution in [0.3, 0.4) is 0 Å². The molecule has 0 bridgehead atoms. The molecule has 0 aliphatic carbocycles. The van der Waals surface area contributed by atoms with E-state index in [-0.39, 0.29) is 23.2 Å². The van der Waals surface area contributed by atoms with Gasteiger partial charge in [-0.05, 0) is 56.2 Å². The lowest BCUT2D eigenvalue weighted by Crippen LogP contribution is -2.28. The maximum absolute atomic E-state index is 12.8. The third-order valence-corrected chi connectivity index (χ3v) is 5.07. The molecule has 0 spiro atoms. The van der Waals surface area contributed by atoms with Gasteiger partial charge in [0.25, 0.3) is 0 Å². The van der Waals surface area contributed by atoms with E-state index >= 15 is 0 Å². The molecule has 0 aromatic heterocycles. The number of carbonyl (C=O) groups is 4. The molecule has 0 saturated carbocycles. The molecule has 1 saturated heterocycles. The van der Waals surface area contributed by atoms with Gasteiger partial charge in [-0.2, -0.15) is 0 Å². The first-order valence-corrected chi connectivity index (χ1v) is 10.4. The highest BCUT2D eigenvalue weighted by molar-refractivity contribution is 6.05. The Hall–Kier alpha value is -3.48. The number of ketones is 1. The lowest BCUT2D eigenvalue weighted by molar-refractivity contribution is -0.117. The fourth-order valence-electron chi connectivity index (χ4n) is 3.47. The van der Waals surface area contributed by atoms with Gasteiger partial charge in [0, 0.05) is 30.6 Å². The highest BCUT2D eigenvalue weighted by atomic mass is 16.5. The van der Waals surface area contributed by atoms with Gasteiger partial charge in [0.15, 0.2) is 6.10 Å². The molecular weight excluding hydrogens is 396 g/mol. The van der Waals surface area contributed by atoms with Gasteiger partial charge in [0.1, 0.15) is 0 Å². The molecule has 31 heavy (non-hydrogen) atoms. The van der Waals surface area contributed by atoms with Crippen molar-refractivity contribution in [2.45, 2.75) is 45.6 Å². The summed E-state index contributed by atoms with van der Waals surface area (Å²) in [6, 6.07) is 13.2. The van der Waals surface area contributed by atoms with Crippen LogP contribution in [-0.2, 0) is 14.3 Å². The number of anilines is 2. The number of ether oxygens (including phenoxy) is 1. The van der Waals surface area contributed by atoms with Crippen molar-refractivity contribution in [3.8, 4) is 0 Å². The van der Waals surface area contributed by atoms with Crippen molar-refractivity contribution in [3.63, 3.8) is 0 Å². The highest BCUT2D eigenvalue weighted by Gasteiger charge is 2.28. The second-order valence-electron chi connectivity index (χ2n) is 7.45. The first-order valence-electron chi connectivity index (χ1n) is 10.4. The monoisotopic (exact) mass is 422 g/mol. The number of amides is 2. The minimum atomic E-state index is -1.00. The molecule has 2 amide bonds. The number of hydrogen-bond acceptors (Lipinski definition) is 5. The van der Waals surface area contributed by atoms with Gasteiger partial charge in [0.2, 0.25) is 17.6 Å². The smallest absolute Gasteiger partial charge is 0.340 e. The Morgan fingerprint density at radius 1 is 1.10 bits per heavy atom. The van der Waals surface area contributed by atoms with Crippen molar-refractivity contribution in [3.05, 3.63) is 59.7 Å². The summed E-state index contributed by atoms with van der Waals surface area (Å²) in [6.45, 7) is 3.99. The van der Waals surface area contributed by atoms with Gasteiger partial charge >= 0.3 is 5.97 Å². The van der Waals surface area contributed by atoms with Gasteiger partial charge in [-0.25, -0.2) is 4.79 Å². The summed E-state index contributed by atoms with van der Waals surface area (Å²) >= 11 is 0. The summed E-state index contributed by atoms with van der Waals surface area (Å²) in [6.07, 6.45) is 1.37. The van der Waals surface area contributed by atoms with Crippen molar-refractivity contribution in [1.29, 1.82) is 0 Å². The zero-order valence-electron chi connectivity index (χ0n) is 17.7. The third-order valence-electron chi connectivity index (χ3n) is 5.07. The number of hydrogen-bond donors (Lipinski definition) is 1. The largest absolute Gasteiger partial charge is 0.451 e. The quantitative estimate of drug-likeness (QED) is 0.513. The van der Waals surface area contributed by atoms with E-state index in [2.05, 4.69) is 5.32 Å². The van der Waals surface area contributed by atoms with E-state index < -0.39 is 12.1 Å². The van der Waals surface area contributed by atoms with Crippen molar-refractivity contribution in [1.82, 2.24) is 0 Å². The van der Waals surface area contributed by atoms with E-state index in [9.17, 15) is 19.2 Å². The fourth-order valence-corrected chi connectivity index (χ4v) is 3.47. The molecule has 3 rings (SSSR count). The number of benzene rings is 2. The fraction of sp³-hybridized carbons (Fsp3) is 0.333. The minimum Gasteiger partial charge on any atom is -0.451 e. The van der Waals surface area contributed by atoms with E-state index in [1.165, 1.54) is 6.92 Å². The summed E-state index contributed by atoms with van der Waals surface area (Å²) in [5.41, 5.74) is 1.73. The molecule has 7 nitrogen and oxygen atoms in total. The van der Waals surface area contributed by atoms with Crippen molar-refractivity contribution in [2.24, 2.45) is 0 Å². The second kappa shape index (κ2) is 10.0. The van der Waals surface area contributed by atoms with E-state index in [0.29, 0.717) is 36.3 Å². The summed E-state index contributed by atoms with van der Waals surface area (Å²) in [5, 5.41) is 2.76. The molecule has 2 aromatic rings. The number of para-hydroxylation sites is 1. The zero-order chi connectivity index (χ0) is 22.4. The van der Waals surface area contributed by atoms with Crippen LogP contribution in [0.4, 0.5) is 11.4 Å². The highest BCUT2D eigenvalue weighted by Crippen LogP contribution is 2.26. The average molecular weight is 422 g/mol. The van der Waals surface area contributed by atoms with Crippen LogP contribution in [0.25, 0.3) is 0 Å². The number of carbonyl (C=O) groups excluding carboxylic acids is 4. The summed E-state index contributed by atoms with van der Waals surface area (Å²) in [4.78, 5) is 50.8. The Balaban J connectivity index is 1.67. The van der Waals surface area contributed by atoms with Crippen LogP contribution in [0.2, 0.25) is 0 Å². The summed E-state index contributed by atoms with van der Waals surface area (Å²) in [7, 11) is 0. The number of rotatable bonds is 8. The van der Waals surface area contributed by atoms with Crippen LogP contribution in [0, 0.1) is 0 Å². The molecule has 1 heterocycles. The number of esters is 1.